The third kappa shape index (κ3) is 3.08. The Morgan fingerprint density at radius 1 is 1.37 bits per heavy atom. The molecule has 0 aromatic heterocycles. The quantitative estimate of drug-likeness (QED) is 0.897. The maximum Gasteiger partial charge on any atom is 0.168 e. The van der Waals surface area contributed by atoms with Crippen molar-refractivity contribution in [1.29, 1.82) is 0 Å². The molecule has 3 atom stereocenters. The number of benzene rings is 1. The first-order valence-corrected chi connectivity index (χ1v) is 7.25. The largest absolute Gasteiger partial charge is 0.494 e. The fourth-order valence-electron chi connectivity index (χ4n) is 3.28. The summed E-state index contributed by atoms with van der Waals surface area (Å²) in [6, 6.07) is 5.44. The van der Waals surface area contributed by atoms with E-state index in [-0.39, 0.29) is 17.8 Å². The predicted octanol–water partition coefficient (Wildman–Crippen LogP) is 3.85. The van der Waals surface area contributed by atoms with Gasteiger partial charge in [0.2, 0.25) is 0 Å². The number of nitrogens with two attached hydrogens (primary N) is 1. The lowest BCUT2D eigenvalue weighted by Gasteiger charge is -2.34. The van der Waals surface area contributed by atoms with E-state index in [1.807, 2.05) is 12.1 Å². The Balaban J connectivity index is 2.23. The van der Waals surface area contributed by atoms with Crippen LogP contribution >= 0.6 is 0 Å². The van der Waals surface area contributed by atoms with Crippen LogP contribution in [-0.2, 0) is 0 Å². The van der Waals surface area contributed by atoms with Gasteiger partial charge in [0.1, 0.15) is 0 Å². The van der Waals surface area contributed by atoms with E-state index in [1.165, 1.54) is 26.4 Å². The molecule has 2 N–H and O–H groups in total. The highest BCUT2D eigenvalue weighted by molar-refractivity contribution is 5.34. The molecule has 0 bridgehead atoms. The van der Waals surface area contributed by atoms with Crippen molar-refractivity contribution in [1.82, 2.24) is 0 Å². The molecule has 3 unspecified atom stereocenters. The highest BCUT2D eigenvalue weighted by atomic mass is 19.1. The van der Waals surface area contributed by atoms with Crippen molar-refractivity contribution < 1.29 is 9.13 Å². The van der Waals surface area contributed by atoms with Gasteiger partial charge < -0.3 is 10.5 Å². The molecule has 0 aliphatic heterocycles. The van der Waals surface area contributed by atoms with Gasteiger partial charge in [-0.25, -0.2) is 4.39 Å². The topological polar surface area (TPSA) is 35.2 Å². The van der Waals surface area contributed by atoms with Gasteiger partial charge in [0, 0.05) is 12.0 Å². The number of rotatable bonds is 4. The van der Waals surface area contributed by atoms with Gasteiger partial charge in [0.25, 0.3) is 0 Å². The zero-order valence-electron chi connectivity index (χ0n) is 11.9. The lowest BCUT2D eigenvalue weighted by molar-refractivity contribution is 0.268. The van der Waals surface area contributed by atoms with E-state index in [0.717, 1.165) is 18.4 Å². The molecule has 106 valence electrons. The molecular formula is C16H24FNO. The van der Waals surface area contributed by atoms with Gasteiger partial charge in [-0.1, -0.05) is 31.9 Å². The van der Waals surface area contributed by atoms with Crippen LogP contribution in [0.1, 0.15) is 50.5 Å². The minimum Gasteiger partial charge on any atom is -0.494 e. The molecule has 0 saturated heterocycles. The summed E-state index contributed by atoms with van der Waals surface area (Å²) in [4.78, 5) is 0. The molecule has 1 fully saturated rings. The van der Waals surface area contributed by atoms with Gasteiger partial charge in [0.15, 0.2) is 11.6 Å². The van der Waals surface area contributed by atoms with Gasteiger partial charge in [-0.05, 0) is 36.8 Å². The summed E-state index contributed by atoms with van der Waals surface area (Å²) in [7, 11) is 1.50. The molecule has 2 nitrogen and oxygen atoms in total. The molecule has 1 aromatic carbocycles. The van der Waals surface area contributed by atoms with Crippen LogP contribution in [0.25, 0.3) is 0 Å². The van der Waals surface area contributed by atoms with Crippen molar-refractivity contribution in [2.24, 2.45) is 11.7 Å². The maximum atomic E-state index is 14.4. The Morgan fingerprint density at radius 2 is 2.16 bits per heavy atom. The molecular weight excluding hydrogens is 241 g/mol. The molecule has 19 heavy (non-hydrogen) atoms. The van der Waals surface area contributed by atoms with Gasteiger partial charge in [-0.3, -0.25) is 0 Å². The number of hydrogen-bond donors (Lipinski definition) is 1. The van der Waals surface area contributed by atoms with Crippen LogP contribution in [0.3, 0.4) is 0 Å². The Morgan fingerprint density at radius 3 is 2.84 bits per heavy atom. The number of hydrogen-bond acceptors (Lipinski definition) is 2. The van der Waals surface area contributed by atoms with Crippen molar-refractivity contribution in [3.63, 3.8) is 0 Å². The first-order valence-electron chi connectivity index (χ1n) is 7.25. The van der Waals surface area contributed by atoms with Crippen LogP contribution in [0, 0.1) is 11.7 Å². The third-order valence-electron chi connectivity index (χ3n) is 4.32. The fourth-order valence-corrected chi connectivity index (χ4v) is 3.28. The normalized spacial score (nSPS) is 27.3. The number of ether oxygens (including phenoxy) is 1. The van der Waals surface area contributed by atoms with E-state index in [9.17, 15) is 4.39 Å². The average molecular weight is 265 g/mol. The second-order valence-electron chi connectivity index (χ2n) is 5.60. The zero-order valence-corrected chi connectivity index (χ0v) is 11.9. The summed E-state index contributed by atoms with van der Waals surface area (Å²) in [5, 5.41) is 0. The van der Waals surface area contributed by atoms with Crippen molar-refractivity contribution in [3.8, 4) is 5.75 Å². The van der Waals surface area contributed by atoms with E-state index < -0.39 is 0 Å². The van der Waals surface area contributed by atoms with Gasteiger partial charge in [-0.15, -0.1) is 0 Å². The molecule has 1 aromatic rings. The molecule has 3 heteroatoms. The predicted molar refractivity (Wildman–Crippen MR) is 75.9 cm³/mol. The first-order chi connectivity index (χ1) is 9.17. The third-order valence-corrected chi connectivity index (χ3v) is 4.32. The lowest BCUT2D eigenvalue weighted by Crippen LogP contribution is -2.35. The van der Waals surface area contributed by atoms with Crippen LogP contribution in [0.5, 0.6) is 5.75 Å². The summed E-state index contributed by atoms with van der Waals surface area (Å²) in [5.41, 5.74) is 6.95. The molecule has 1 aliphatic carbocycles. The van der Waals surface area contributed by atoms with Crippen LogP contribution in [0.4, 0.5) is 4.39 Å². The second-order valence-corrected chi connectivity index (χ2v) is 5.60. The van der Waals surface area contributed by atoms with E-state index in [0.29, 0.717) is 11.7 Å². The highest BCUT2D eigenvalue weighted by Gasteiger charge is 2.31. The minimum atomic E-state index is -0.234. The molecule has 0 spiro atoms. The van der Waals surface area contributed by atoms with Crippen LogP contribution in [-0.4, -0.2) is 13.2 Å². The summed E-state index contributed by atoms with van der Waals surface area (Å²) in [6.07, 6.45) is 5.57. The van der Waals surface area contributed by atoms with Gasteiger partial charge in [-0.2, -0.15) is 0 Å². The highest BCUT2D eigenvalue weighted by Crippen LogP contribution is 2.39. The van der Waals surface area contributed by atoms with Crippen LogP contribution in [0.15, 0.2) is 18.2 Å². The summed E-state index contributed by atoms with van der Waals surface area (Å²) >= 11 is 0. The Hall–Kier alpha value is -1.09. The summed E-state index contributed by atoms with van der Waals surface area (Å²) in [6.45, 7) is 2.20. The maximum absolute atomic E-state index is 14.4. The van der Waals surface area contributed by atoms with E-state index in [4.69, 9.17) is 10.5 Å². The van der Waals surface area contributed by atoms with Crippen LogP contribution < -0.4 is 10.5 Å². The lowest BCUT2D eigenvalue weighted by atomic mass is 9.73. The summed E-state index contributed by atoms with van der Waals surface area (Å²) in [5.74, 6) is 0.894. The molecule has 2 rings (SSSR count). The van der Waals surface area contributed by atoms with Crippen molar-refractivity contribution in [3.05, 3.63) is 29.6 Å². The van der Waals surface area contributed by atoms with E-state index in [1.54, 1.807) is 6.07 Å². The SMILES string of the molecule is CCCC1CCC(N)C(c2cccc(OC)c2F)C1. The Labute approximate surface area is 115 Å². The van der Waals surface area contributed by atoms with Crippen molar-refractivity contribution in [2.45, 2.75) is 51.0 Å². The standard InChI is InChI=1S/C16H24FNO/c1-3-5-11-8-9-14(18)13(10-11)12-6-4-7-15(19-2)16(12)17/h4,6-7,11,13-14H,3,5,8-10,18H2,1-2H3. The van der Waals surface area contributed by atoms with E-state index in [2.05, 4.69) is 6.92 Å². The second kappa shape index (κ2) is 6.38. The Kier molecular flexibility index (Phi) is 4.81. The minimum absolute atomic E-state index is 0.0645. The zero-order chi connectivity index (χ0) is 13.8. The fraction of sp³-hybridized carbons (Fsp3) is 0.625. The van der Waals surface area contributed by atoms with Crippen LogP contribution in [0.2, 0.25) is 0 Å². The average Bonchev–Trinajstić information content (AvgIpc) is 2.42. The molecule has 0 heterocycles. The number of halogens is 1. The van der Waals surface area contributed by atoms with Gasteiger partial charge in [0.05, 0.1) is 7.11 Å². The Bertz CT molecular complexity index is 421. The molecule has 0 amide bonds. The monoisotopic (exact) mass is 265 g/mol. The van der Waals surface area contributed by atoms with E-state index >= 15 is 0 Å². The smallest absolute Gasteiger partial charge is 0.168 e. The summed E-state index contributed by atoms with van der Waals surface area (Å²) < 4.78 is 19.4. The van der Waals surface area contributed by atoms with Crippen molar-refractivity contribution >= 4 is 0 Å². The first kappa shape index (κ1) is 14.3. The van der Waals surface area contributed by atoms with Gasteiger partial charge >= 0.3 is 0 Å². The molecule has 0 radical (unpaired) electrons. The molecule has 1 aliphatic rings. The number of methoxy groups -OCH3 is 1. The van der Waals surface area contributed by atoms with Crippen molar-refractivity contribution in [2.75, 3.05) is 7.11 Å². The molecule has 1 saturated carbocycles.